The maximum absolute atomic E-state index is 12.3. The lowest BCUT2D eigenvalue weighted by atomic mass is 10.0. The molecule has 0 saturated carbocycles. The molecule has 0 radical (unpaired) electrons. The summed E-state index contributed by atoms with van der Waals surface area (Å²) in [4.78, 5) is 24.5. The first-order valence-corrected chi connectivity index (χ1v) is 8.86. The van der Waals surface area contributed by atoms with Crippen LogP contribution in [0.3, 0.4) is 0 Å². The zero-order valence-electron chi connectivity index (χ0n) is 15.4. The second-order valence-electron chi connectivity index (χ2n) is 6.40. The molecule has 6 heteroatoms. The molecule has 1 N–H and O–H groups in total. The van der Waals surface area contributed by atoms with Gasteiger partial charge in [0.1, 0.15) is 5.75 Å². The summed E-state index contributed by atoms with van der Waals surface area (Å²) in [6.45, 7) is 6.89. The van der Waals surface area contributed by atoms with Gasteiger partial charge in [-0.3, -0.25) is 4.79 Å². The monoisotopic (exact) mass is 356 g/mol. The number of aryl methyl sites for hydroxylation is 1. The number of fused-ring (bicyclic) bond motifs is 1. The number of amides is 1. The standard InChI is InChI=1S/C20H24N2O4/c1-4-22-13(2)11-16(14(22)3)20(24)26-12-19(23)21-17-9-10-25-18-8-6-5-7-15(17)18/h5-8,11,17H,4,9-10,12H2,1-3H3,(H,21,23). The third-order valence-corrected chi connectivity index (χ3v) is 4.74. The summed E-state index contributed by atoms with van der Waals surface area (Å²) in [6.07, 6.45) is 0.689. The molecular formula is C20H24N2O4. The number of aromatic nitrogens is 1. The molecule has 6 nitrogen and oxygen atoms in total. The van der Waals surface area contributed by atoms with Crippen LogP contribution in [0, 0.1) is 13.8 Å². The van der Waals surface area contributed by atoms with Crippen molar-refractivity contribution in [1.29, 1.82) is 0 Å². The van der Waals surface area contributed by atoms with E-state index in [0.717, 1.165) is 29.2 Å². The molecule has 1 aromatic heterocycles. The summed E-state index contributed by atoms with van der Waals surface area (Å²) >= 11 is 0. The molecule has 1 aromatic carbocycles. The first kappa shape index (κ1) is 18.0. The van der Waals surface area contributed by atoms with Gasteiger partial charge in [-0.15, -0.1) is 0 Å². The quantitative estimate of drug-likeness (QED) is 0.837. The number of hydrogen-bond donors (Lipinski definition) is 1. The second kappa shape index (κ2) is 7.64. The SMILES string of the molecule is CCn1c(C)cc(C(=O)OCC(=O)NC2CCOc3ccccc32)c1C. The Balaban J connectivity index is 1.59. The number of carbonyl (C=O) groups is 2. The number of carbonyl (C=O) groups excluding carboxylic acids is 2. The molecule has 0 spiro atoms. The van der Waals surface area contributed by atoms with Crippen molar-refractivity contribution in [2.75, 3.05) is 13.2 Å². The summed E-state index contributed by atoms with van der Waals surface area (Å²) in [7, 11) is 0. The smallest absolute Gasteiger partial charge is 0.340 e. The number of rotatable bonds is 5. The van der Waals surface area contributed by atoms with Gasteiger partial charge in [0, 0.05) is 29.9 Å². The molecular weight excluding hydrogens is 332 g/mol. The van der Waals surface area contributed by atoms with E-state index in [4.69, 9.17) is 9.47 Å². The molecule has 1 unspecified atom stereocenters. The first-order valence-electron chi connectivity index (χ1n) is 8.86. The Bertz CT molecular complexity index is 825. The number of nitrogens with zero attached hydrogens (tertiary/aromatic N) is 1. The van der Waals surface area contributed by atoms with Crippen molar-refractivity contribution in [3.8, 4) is 5.75 Å². The molecule has 0 bridgehead atoms. The number of hydrogen-bond acceptors (Lipinski definition) is 4. The fraction of sp³-hybridized carbons (Fsp3) is 0.400. The zero-order valence-corrected chi connectivity index (χ0v) is 15.4. The van der Waals surface area contributed by atoms with Crippen LogP contribution in [0.1, 0.15) is 46.7 Å². The normalized spacial score (nSPS) is 15.7. The summed E-state index contributed by atoms with van der Waals surface area (Å²) in [5.74, 6) is -0.00210. The number of nitrogens with one attached hydrogen (secondary N) is 1. The van der Waals surface area contributed by atoms with Crippen LogP contribution in [0.2, 0.25) is 0 Å². The third-order valence-electron chi connectivity index (χ3n) is 4.74. The molecule has 1 aliphatic heterocycles. The van der Waals surface area contributed by atoms with E-state index in [9.17, 15) is 9.59 Å². The van der Waals surface area contributed by atoms with Crippen LogP contribution < -0.4 is 10.1 Å². The molecule has 26 heavy (non-hydrogen) atoms. The summed E-state index contributed by atoms with van der Waals surface area (Å²) in [5, 5.41) is 2.92. The Hall–Kier alpha value is -2.76. The third kappa shape index (κ3) is 3.59. The Kier molecular flexibility index (Phi) is 5.30. The minimum Gasteiger partial charge on any atom is -0.493 e. The van der Waals surface area contributed by atoms with Gasteiger partial charge in [0.2, 0.25) is 0 Å². The van der Waals surface area contributed by atoms with Crippen molar-refractivity contribution in [3.05, 3.63) is 52.8 Å². The minimum atomic E-state index is -0.472. The van der Waals surface area contributed by atoms with Crippen LogP contribution in [0.15, 0.2) is 30.3 Å². The van der Waals surface area contributed by atoms with Crippen molar-refractivity contribution in [3.63, 3.8) is 0 Å². The average Bonchev–Trinajstić information content (AvgIpc) is 2.93. The zero-order chi connectivity index (χ0) is 18.7. The largest absolute Gasteiger partial charge is 0.493 e. The number of ether oxygens (including phenoxy) is 2. The fourth-order valence-electron chi connectivity index (χ4n) is 3.43. The predicted octanol–water partition coefficient (Wildman–Crippen LogP) is 2.92. The van der Waals surface area contributed by atoms with Gasteiger partial charge in [-0.05, 0) is 32.9 Å². The van der Waals surface area contributed by atoms with Crippen LogP contribution in [0.25, 0.3) is 0 Å². The maximum atomic E-state index is 12.3. The van der Waals surface area contributed by atoms with E-state index < -0.39 is 5.97 Å². The molecule has 1 aliphatic rings. The van der Waals surface area contributed by atoms with Crippen LogP contribution >= 0.6 is 0 Å². The second-order valence-corrected chi connectivity index (χ2v) is 6.40. The Labute approximate surface area is 153 Å². The number of para-hydroxylation sites is 1. The summed E-state index contributed by atoms with van der Waals surface area (Å²) in [5.41, 5.74) is 3.31. The van der Waals surface area contributed by atoms with Gasteiger partial charge in [0.25, 0.3) is 5.91 Å². The van der Waals surface area contributed by atoms with E-state index in [0.29, 0.717) is 18.6 Å². The van der Waals surface area contributed by atoms with E-state index in [1.165, 1.54) is 0 Å². The van der Waals surface area contributed by atoms with E-state index in [-0.39, 0.29) is 18.6 Å². The van der Waals surface area contributed by atoms with Crippen molar-refractivity contribution in [2.24, 2.45) is 0 Å². The van der Waals surface area contributed by atoms with Gasteiger partial charge in [-0.1, -0.05) is 18.2 Å². The van der Waals surface area contributed by atoms with Crippen LogP contribution in [0.4, 0.5) is 0 Å². The van der Waals surface area contributed by atoms with Gasteiger partial charge in [0.15, 0.2) is 6.61 Å². The highest BCUT2D eigenvalue weighted by atomic mass is 16.5. The lowest BCUT2D eigenvalue weighted by Gasteiger charge is -2.26. The van der Waals surface area contributed by atoms with Crippen molar-refractivity contribution in [1.82, 2.24) is 9.88 Å². The molecule has 0 fully saturated rings. The highest BCUT2D eigenvalue weighted by molar-refractivity contribution is 5.92. The average molecular weight is 356 g/mol. The van der Waals surface area contributed by atoms with Gasteiger partial charge < -0.3 is 19.4 Å². The summed E-state index contributed by atoms with van der Waals surface area (Å²) in [6, 6.07) is 9.31. The molecule has 1 atom stereocenters. The molecule has 3 rings (SSSR count). The van der Waals surface area contributed by atoms with Crippen LogP contribution in [-0.2, 0) is 16.1 Å². The molecule has 1 amide bonds. The molecule has 138 valence electrons. The topological polar surface area (TPSA) is 69.6 Å². The molecule has 2 heterocycles. The molecule has 0 aliphatic carbocycles. The first-order chi connectivity index (χ1) is 12.5. The van der Waals surface area contributed by atoms with Gasteiger partial charge >= 0.3 is 5.97 Å². The molecule has 0 saturated heterocycles. The Morgan fingerprint density at radius 1 is 1.31 bits per heavy atom. The van der Waals surface area contributed by atoms with Gasteiger partial charge in [-0.25, -0.2) is 4.79 Å². The Morgan fingerprint density at radius 2 is 2.08 bits per heavy atom. The van der Waals surface area contributed by atoms with Gasteiger partial charge in [-0.2, -0.15) is 0 Å². The maximum Gasteiger partial charge on any atom is 0.340 e. The van der Waals surface area contributed by atoms with E-state index in [2.05, 4.69) is 5.32 Å². The van der Waals surface area contributed by atoms with E-state index >= 15 is 0 Å². The lowest BCUT2D eigenvalue weighted by Crippen LogP contribution is -2.35. The lowest BCUT2D eigenvalue weighted by molar-refractivity contribution is -0.125. The number of benzene rings is 1. The predicted molar refractivity (Wildman–Crippen MR) is 97.3 cm³/mol. The number of esters is 1. The van der Waals surface area contributed by atoms with E-state index in [1.54, 1.807) is 6.07 Å². The van der Waals surface area contributed by atoms with Crippen molar-refractivity contribution < 1.29 is 19.1 Å². The van der Waals surface area contributed by atoms with Crippen molar-refractivity contribution >= 4 is 11.9 Å². The Morgan fingerprint density at radius 3 is 2.81 bits per heavy atom. The minimum absolute atomic E-state index is 0.128. The summed E-state index contributed by atoms with van der Waals surface area (Å²) < 4.78 is 12.8. The van der Waals surface area contributed by atoms with Crippen molar-refractivity contribution in [2.45, 2.75) is 39.8 Å². The fourth-order valence-corrected chi connectivity index (χ4v) is 3.43. The van der Waals surface area contributed by atoms with Crippen LogP contribution in [0.5, 0.6) is 5.75 Å². The highest BCUT2D eigenvalue weighted by Crippen LogP contribution is 2.31. The highest BCUT2D eigenvalue weighted by Gasteiger charge is 2.23. The van der Waals surface area contributed by atoms with E-state index in [1.807, 2.05) is 49.6 Å². The molecule has 2 aromatic rings. The van der Waals surface area contributed by atoms with Gasteiger partial charge in [0.05, 0.1) is 18.2 Å². The van der Waals surface area contributed by atoms with Crippen LogP contribution in [-0.4, -0.2) is 29.7 Å².